The van der Waals surface area contributed by atoms with Crippen molar-refractivity contribution >= 4 is 62.7 Å². The fourth-order valence-electron chi connectivity index (χ4n) is 3.85. The van der Waals surface area contributed by atoms with E-state index < -0.39 is 34.0 Å². The van der Waals surface area contributed by atoms with Crippen molar-refractivity contribution in [1.29, 1.82) is 10.8 Å². The molecule has 0 bridgehead atoms. The number of thiophene rings is 1. The monoisotopic (exact) mass is 577 g/mol. The van der Waals surface area contributed by atoms with Crippen LogP contribution in [-0.2, 0) is 27.7 Å². The van der Waals surface area contributed by atoms with Crippen molar-refractivity contribution in [3.8, 4) is 0 Å². The highest BCUT2D eigenvalue weighted by molar-refractivity contribution is 7.89. The Labute approximate surface area is 228 Å². The summed E-state index contributed by atoms with van der Waals surface area (Å²) >= 11 is 1.06. The maximum absolute atomic E-state index is 13.0. The summed E-state index contributed by atoms with van der Waals surface area (Å²) in [5.74, 6) is -1.46. The molecule has 0 unspecified atom stereocenters. The van der Waals surface area contributed by atoms with Gasteiger partial charge < -0.3 is 31.5 Å². The molecule has 0 aliphatic carbocycles. The molecule has 39 heavy (non-hydrogen) atoms. The van der Waals surface area contributed by atoms with Crippen molar-refractivity contribution in [2.45, 2.75) is 24.8 Å². The number of fused-ring (bicyclic) bond motifs is 1. The molecule has 0 spiro atoms. The Hall–Kier alpha value is -4.15. The van der Waals surface area contributed by atoms with Crippen LogP contribution >= 0.6 is 11.3 Å². The first kappa shape index (κ1) is 29.4. The third kappa shape index (κ3) is 6.65. The molecule has 208 valence electrons. The van der Waals surface area contributed by atoms with Gasteiger partial charge in [-0.1, -0.05) is 0 Å². The zero-order valence-electron chi connectivity index (χ0n) is 20.9. The zero-order valence-corrected chi connectivity index (χ0v) is 22.5. The van der Waals surface area contributed by atoms with Crippen molar-refractivity contribution < 1.29 is 32.3 Å². The van der Waals surface area contributed by atoms with Crippen LogP contribution in [0.5, 0.6) is 0 Å². The minimum Gasteiger partial charge on any atom is -0.450 e. The van der Waals surface area contributed by atoms with Gasteiger partial charge in [0.1, 0.15) is 5.00 Å². The van der Waals surface area contributed by atoms with Gasteiger partial charge in [0, 0.05) is 42.5 Å². The Kier molecular flexibility index (Phi) is 9.50. The summed E-state index contributed by atoms with van der Waals surface area (Å²) in [6.45, 7) is 1.85. The van der Waals surface area contributed by atoms with Crippen molar-refractivity contribution in [3.05, 3.63) is 45.8 Å². The van der Waals surface area contributed by atoms with Crippen LogP contribution < -0.4 is 16.4 Å². The quantitative estimate of drug-likeness (QED) is 0.263. The van der Waals surface area contributed by atoms with E-state index in [1.54, 1.807) is 6.92 Å². The molecular formula is C23H27N7O7S2. The smallest absolute Gasteiger partial charge is 0.410 e. The molecule has 1 aromatic heterocycles. The summed E-state index contributed by atoms with van der Waals surface area (Å²) in [4.78, 5) is 51.3. The number of sulfonamides is 1. The number of primary amides is 1. The van der Waals surface area contributed by atoms with Gasteiger partial charge in [-0.2, -0.15) is 4.31 Å². The van der Waals surface area contributed by atoms with E-state index >= 15 is 0 Å². The lowest BCUT2D eigenvalue weighted by atomic mass is 10.0. The summed E-state index contributed by atoms with van der Waals surface area (Å²) in [7, 11) is -4.01. The lowest BCUT2D eigenvalue weighted by Gasteiger charge is -2.26. The SMILES string of the molecule is CCOC(=O)N1CCc2c(sc(NC(=O)c3ccc(S(=O)(=O)N(CC=N)CC=N)cc3)c2C(=O)NC(N)=O)C1. The van der Waals surface area contributed by atoms with E-state index in [2.05, 4.69) is 5.32 Å². The van der Waals surface area contributed by atoms with Crippen molar-refractivity contribution in [2.75, 3.05) is 31.6 Å². The van der Waals surface area contributed by atoms with Crippen molar-refractivity contribution in [1.82, 2.24) is 14.5 Å². The number of benzene rings is 1. The summed E-state index contributed by atoms with van der Waals surface area (Å²) in [5.41, 5.74) is 5.82. The van der Waals surface area contributed by atoms with Gasteiger partial charge in [-0.05, 0) is 43.2 Å². The van der Waals surface area contributed by atoms with Crippen molar-refractivity contribution in [2.24, 2.45) is 5.73 Å². The topological polar surface area (TPSA) is 216 Å². The Morgan fingerprint density at radius 3 is 2.33 bits per heavy atom. The molecule has 1 aliphatic rings. The molecule has 1 aromatic carbocycles. The first-order valence-electron chi connectivity index (χ1n) is 11.6. The number of hydrogen-bond donors (Lipinski definition) is 5. The van der Waals surface area contributed by atoms with Crippen LogP contribution in [0.15, 0.2) is 29.2 Å². The van der Waals surface area contributed by atoms with Gasteiger partial charge in [-0.3, -0.25) is 14.9 Å². The van der Waals surface area contributed by atoms with Crippen LogP contribution in [0.1, 0.15) is 38.1 Å². The molecule has 2 heterocycles. The largest absolute Gasteiger partial charge is 0.450 e. The summed E-state index contributed by atoms with van der Waals surface area (Å²) in [6.07, 6.45) is 1.57. The average Bonchev–Trinajstić information content (AvgIpc) is 3.25. The van der Waals surface area contributed by atoms with E-state index in [9.17, 15) is 27.6 Å². The van der Waals surface area contributed by atoms with E-state index in [-0.39, 0.29) is 60.2 Å². The molecule has 5 amide bonds. The Morgan fingerprint density at radius 2 is 1.77 bits per heavy atom. The van der Waals surface area contributed by atoms with Crippen molar-refractivity contribution in [3.63, 3.8) is 0 Å². The molecule has 0 saturated heterocycles. The zero-order chi connectivity index (χ0) is 28.7. The Morgan fingerprint density at radius 1 is 1.13 bits per heavy atom. The summed E-state index contributed by atoms with van der Waals surface area (Å²) < 4.78 is 31.6. The molecule has 0 saturated carbocycles. The minimum atomic E-state index is -4.01. The molecule has 14 nitrogen and oxygen atoms in total. The fourth-order valence-corrected chi connectivity index (χ4v) is 6.43. The molecule has 0 radical (unpaired) electrons. The van der Waals surface area contributed by atoms with Crippen LogP contribution in [0.25, 0.3) is 0 Å². The highest BCUT2D eigenvalue weighted by Gasteiger charge is 2.31. The molecule has 0 atom stereocenters. The molecule has 6 N–H and O–H groups in total. The first-order valence-corrected chi connectivity index (χ1v) is 13.9. The maximum Gasteiger partial charge on any atom is 0.410 e. The third-order valence-electron chi connectivity index (χ3n) is 5.62. The third-order valence-corrected chi connectivity index (χ3v) is 8.60. The summed E-state index contributed by atoms with van der Waals surface area (Å²) in [5, 5.41) is 19.2. The van der Waals surface area contributed by atoms with E-state index in [0.717, 1.165) is 28.1 Å². The number of amides is 5. The molecule has 2 aromatic rings. The van der Waals surface area contributed by atoms with Gasteiger partial charge in [0.05, 0.1) is 23.6 Å². The van der Waals surface area contributed by atoms with Gasteiger partial charge in [0.15, 0.2) is 0 Å². The number of nitrogens with one attached hydrogen (secondary N) is 4. The highest BCUT2D eigenvalue weighted by Crippen LogP contribution is 2.37. The number of hydrogen-bond acceptors (Lipinski definition) is 10. The fraction of sp³-hybridized carbons (Fsp3) is 0.304. The number of nitrogens with two attached hydrogens (primary N) is 1. The Bertz CT molecular complexity index is 1390. The van der Waals surface area contributed by atoms with Gasteiger partial charge in [0.25, 0.3) is 11.8 Å². The van der Waals surface area contributed by atoms with Gasteiger partial charge in [-0.25, -0.2) is 18.0 Å². The average molecular weight is 578 g/mol. The molecule has 0 fully saturated rings. The highest BCUT2D eigenvalue weighted by atomic mass is 32.2. The number of anilines is 1. The predicted octanol–water partition coefficient (Wildman–Crippen LogP) is 1.61. The molecular weight excluding hydrogens is 550 g/mol. The normalized spacial score (nSPS) is 12.8. The maximum atomic E-state index is 13.0. The van der Waals surface area contributed by atoms with Gasteiger partial charge >= 0.3 is 12.1 Å². The predicted molar refractivity (Wildman–Crippen MR) is 143 cm³/mol. The number of carbonyl (C=O) groups excluding carboxylic acids is 4. The van der Waals surface area contributed by atoms with Crippen LogP contribution in [0.3, 0.4) is 0 Å². The summed E-state index contributed by atoms with van der Waals surface area (Å²) in [6, 6.07) is 3.95. The number of carbonyl (C=O) groups is 4. The van der Waals surface area contributed by atoms with Gasteiger partial charge in [0.2, 0.25) is 10.0 Å². The van der Waals surface area contributed by atoms with E-state index in [4.69, 9.17) is 21.3 Å². The first-order chi connectivity index (χ1) is 18.5. The van der Waals surface area contributed by atoms with Gasteiger partial charge in [-0.15, -0.1) is 11.3 Å². The Balaban J connectivity index is 1.89. The lowest BCUT2D eigenvalue weighted by Crippen LogP contribution is -2.38. The van der Waals surface area contributed by atoms with Crippen LogP contribution in [0.2, 0.25) is 0 Å². The van der Waals surface area contributed by atoms with E-state index in [1.807, 2.05) is 5.32 Å². The second-order valence-electron chi connectivity index (χ2n) is 8.11. The number of rotatable bonds is 10. The van der Waals surface area contributed by atoms with Crippen LogP contribution in [0, 0.1) is 10.8 Å². The molecule has 16 heteroatoms. The molecule has 1 aliphatic heterocycles. The molecule has 3 rings (SSSR count). The van der Waals surface area contributed by atoms with E-state index in [1.165, 1.54) is 29.2 Å². The number of urea groups is 1. The lowest BCUT2D eigenvalue weighted by molar-refractivity contribution is 0.0965. The second kappa shape index (κ2) is 12.6. The number of ether oxygens (including phenoxy) is 1. The van der Waals surface area contributed by atoms with Crippen LogP contribution in [0.4, 0.5) is 14.6 Å². The second-order valence-corrected chi connectivity index (χ2v) is 11.1. The van der Waals surface area contributed by atoms with Crippen LogP contribution in [-0.4, -0.2) is 80.2 Å². The number of nitrogens with zero attached hydrogens (tertiary/aromatic N) is 2. The standard InChI is InChI=1S/C23H27N7O7S2/c1-2-37-23(34)29-10-7-16-17(13-29)38-21(18(16)20(32)28-22(26)33)27-19(31)14-3-5-15(6-4-14)39(35,36)30(11-8-24)12-9-25/h3-6,8-9,24-25H,2,7,10-13H2,1H3,(H,27,31)(H3,26,28,32,33). The van der Waals surface area contributed by atoms with E-state index in [0.29, 0.717) is 10.4 Å². The number of imide groups is 1. The minimum absolute atomic E-state index is 0.0544.